The van der Waals surface area contributed by atoms with Gasteiger partial charge in [0.15, 0.2) is 4.77 Å². The van der Waals surface area contributed by atoms with Crippen LogP contribution in [0, 0.1) is 17.5 Å². The Balaban J connectivity index is 2.42. The van der Waals surface area contributed by atoms with Crippen LogP contribution in [0.15, 0.2) is 39.3 Å². The molecule has 0 radical (unpaired) electrons. The summed E-state index contributed by atoms with van der Waals surface area (Å²) in [6.45, 7) is 2.02. The topological polar surface area (TPSA) is 20.7 Å². The number of H-pyrrole nitrogens is 1. The fraction of sp³-hybridized carbons (Fsp3) is 0.0714. The second-order valence-electron chi connectivity index (χ2n) is 4.50. The van der Waals surface area contributed by atoms with Crippen LogP contribution in [-0.2, 0) is 0 Å². The molecule has 6 heteroatoms. The van der Waals surface area contributed by atoms with Crippen LogP contribution >= 0.6 is 44.1 Å². The predicted octanol–water partition coefficient (Wildman–Crippen LogP) is 5.66. The van der Waals surface area contributed by atoms with Gasteiger partial charge in [-0.2, -0.15) is 0 Å². The molecule has 2 aromatic carbocycles. The molecule has 0 aliphatic heterocycles. The molecule has 0 spiro atoms. The van der Waals surface area contributed by atoms with E-state index in [2.05, 4.69) is 36.8 Å². The predicted molar refractivity (Wildman–Crippen MR) is 88.6 cm³/mol. The maximum absolute atomic E-state index is 13.6. The van der Waals surface area contributed by atoms with Crippen molar-refractivity contribution < 1.29 is 4.39 Å². The summed E-state index contributed by atoms with van der Waals surface area (Å²) in [5.74, 6) is -0.316. The van der Waals surface area contributed by atoms with E-state index in [1.165, 1.54) is 6.07 Å². The number of nitrogens with zero attached hydrogens (tertiary/aromatic N) is 1. The molecule has 102 valence electrons. The number of aromatic nitrogens is 2. The van der Waals surface area contributed by atoms with E-state index in [9.17, 15) is 4.39 Å². The number of benzene rings is 2. The zero-order valence-electron chi connectivity index (χ0n) is 10.4. The number of imidazole rings is 1. The van der Waals surface area contributed by atoms with Gasteiger partial charge in [-0.1, -0.05) is 6.07 Å². The van der Waals surface area contributed by atoms with Gasteiger partial charge in [-0.25, -0.2) is 4.39 Å². The molecule has 0 saturated heterocycles. The first kappa shape index (κ1) is 14.0. The molecule has 0 aliphatic rings. The van der Waals surface area contributed by atoms with Crippen LogP contribution < -0.4 is 0 Å². The molecule has 0 fully saturated rings. The Morgan fingerprint density at radius 3 is 2.65 bits per heavy atom. The number of rotatable bonds is 1. The molecule has 2 nitrogen and oxygen atoms in total. The van der Waals surface area contributed by atoms with Crippen molar-refractivity contribution in [2.45, 2.75) is 6.92 Å². The molecular formula is C14H9Br2FN2S. The zero-order valence-corrected chi connectivity index (χ0v) is 14.4. The number of nitrogens with one attached hydrogen (secondary N) is 1. The van der Waals surface area contributed by atoms with Crippen molar-refractivity contribution >= 4 is 55.1 Å². The van der Waals surface area contributed by atoms with E-state index in [1.807, 2.05) is 29.7 Å². The molecule has 20 heavy (non-hydrogen) atoms. The Morgan fingerprint density at radius 2 is 1.90 bits per heavy atom. The van der Waals surface area contributed by atoms with Crippen molar-refractivity contribution in [1.29, 1.82) is 0 Å². The monoisotopic (exact) mass is 414 g/mol. The molecule has 0 bridgehead atoms. The lowest BCUT2D eigenvalue weighted by molar-refractivity contribution is 0.623. The second kappa shape index (κ2) is 5.09. The van der Waals surface area contributed by atoms with Crippen LogP contribution in [0.2, 0.25) is 0 Å². The quantitative estimate of drug-likeness (QED) is 0.508. The molecule has 3 rings (SSSR count). The average molecular weight is 416 g/mol. The maximum atomic E-state index is 13.6. The summed E-state index contributed by atoms with van der Waals surface area (Å²) in [5.41, 5.74) is 3.55. The lowest BCUT2D eigenvalue weighted by Crippen LogP contribution is -1.96. The van der Waals surface area contributed by atoms with Gasteiger partial charge in [-0.05, 0) is 74.8 Å². The molecule has 3 aromatic rings. The van der Waals surface area contributed by atoms with Crippen molar-refractivity contribution in [3.63, 3.8) is 0 Å². The number of aryl methyl sites for hydroxylation is 1. The van der Waals surface area contributed by atoms with E-state index in [4.69, 9.17) is 12.2 Å². The fourth-order valence-corrected chi connectivity index (χ4v) is 3.20. The molecule has 1 aromatic heterocycles. The Labute approximate surface area is 136 Å². The Kier molecular flexibility index (Phi) is 3.56. The Hall–Kier alpha value is -0.980. The number of fused-ring (bicyclic) bond motifs is 1. The second-order valence-corrected chi connectivity index (χ2v) is 6.60. The molecule has 1 heterocycles. The lowest BCUT2D eigenvalue weighted by atomic mass is 10.2. The summed E-state index contributed by atoms with van der Waals surface area (Å²) in [5, 5.41) is 0. The molecule has 0 atom stereocenters. The minimum Gasteiger partial charge on any atom is -0.330 e. The first-order chi connectivity index (χ1) is 9.47. The molecular weight excluding hydrogens is 407 g/mol. The fourth-order valence-electron chi connectivity index (χ4n) is 2.14. The number of halogens is 3. The van der Waals surface area contributed by atoms with Crippen LogP contribution in [0.25, 0.3) is 16.7 Å². The molecule has 1 N–H and O–H groups in total. The molecule has 0 aliphatic carbocycles. The highest BCUT2D eigenvalue weighted by molar-refractivity contribution is 9.10. The van der Waals surface area contributed by atoms with Gasteiger partial charge in [0.2, 0.25) is 0 Å². The van der Waals surface area contributed by atoms with Crippen LogP contribution in [0.1, 0.15) is 5.56 Å². The first-order valence-electron chi connectivity index (χ1n) is 5.83. The van der Waals surface area contributed by atoms with Crippen molar-refractivity contribution in [2.75, 3.05) is 0 Å². The van der Waals surface area contributed by atoms with E-state index in [-0.39, 0.29) is 5.82 Å². The summed E-state index contributed by atoms with van der Waals surface area (Å²) in [6.07, 6.45) is 0. The summed E-state index contributed by atoms with van der Waals surface area (Å²) in [4.78, 5) is 3.04. The maximum Gasteiger partial charge on any atom is 0.182 e. The highest BCUT2D eigenvalue weighted by atomic mass is 79.9. The van der Waals surface area contributed by atoms with Crippen LogP contribution in [0.4, 0.5) is 4.39 Å². The molecule has 0 saturated carbocycles. The average Bonchev–Trinajstić information content (AvgIpc) is 2.69. The molecule has 0 amide bonds. The van der Waals surface area contributed by atoms with Gasteiger partial charge in [0, 0.05) is 10.5 Å². The summed E-state index contributed by atoms with van der Waals surface area (Å²) < 4.78 is 17.4. The first-order valence-corrected chi connectivity index (χ1v) is 7.83. The number of hydrogen-bond donors (Lipinski definition) is 1. The van der Waals surface area contributed by atoms with E-state index in [0.29, 0.717) is 14.8 Å². The highest BCUT2D eigenvalue weighted by Gasteiger charge is 2.12. The lowest BCUT2D eigenvalue weighted by Gasteiger charge is -2.09. The standard InChI is InChI=1S/C14H9Br2FN2S/c1-7-2-3-8(15)12(4-7)19-13-5-9(16)10(17)6-11(13)18-14(19)20/h2-6H,1H3,(H,18,20). The van der Waals surface area contributed by atoms with E-state index >= 15 is 0 Å². The SMILES string of the molecule is Cc1ccc(Br)c(-n2c(=S)[nH]c3cc(F)c(Br)cc32)c1. The summed E-state index contributed by atoms with van der Waals surface area (Å²) >= 11 is 12.1. The summed E-state index contributed by atoms with van der Waals surface area (Å²) in [7, 11) is 0. The van der Waals surface area contributed by atoms with E-state index in [0.717, 1.165) is 21.2 Å². The third-order valence-corrected chi connectivity index (χ3v) is 4.63. The number of hydrogen-bond acceptors (Lipinski definition) is 1. The van der Waals surface area contributed by atoms with Crippen molar-refractivity contribution in [3.05, 3.63) is 55.4 Å². The van der Waals surface area contributed by atoms with Gasteiger partial charge in [-0.3, -0.25) is 4.57 Å². The largest absolute Gasteiger partial charge is 0.330 e. The van der Waals surface area contributed by atoms with Gasteiger partial charge >= 0.3 is 0 Å². The van der Waals surface area contributed by atoms with Crippen LogP contribution in [-0.4, -0.2) is 9.55 Å². The van der Waals surface area contributed by atoms with Crippen LogP contribution in [0.5, 0.6) is 0 Å². The van der Waals surface area contributed by atoms with Gasteiger partial charge in [0.05, 0.1) is 21.2 Å². The third-order valence-electron chi connectivity index (χ3n) is 3.07. The smallest absolute Gasteiger partial charge is 0.182 e. The van der Waals surface area contributed by atoms with Crippen molar-refractivity contribution in [3.8, 4) is 5.69 Å². The normalized spacial score (nSPS) is 11.2. The Morgan fingerprint density at radius 1 is 1.15 bits per heavy atom. The van der Waals surface area contributed by atoms with Gasteiger partial charge in [0.25, 0.3) is 0 Å². The van der Waals surface area contributed by atoms with Crippen molar-refractivity contribution in [2.24, 2.45) is 0 Å². The van der Waals surface area contributed by atoms with E-state index in [1.54, 1.807) is 6.07 Å². The van der Waals surface area contributed by atoms with Gasteiger partial charge in [-0.15, -0.1) is 0 Å². The van der Waals surface area contributed by atoms with Gasteiger partial charge in [0.1, 0.15) is 5.82 Å². The minimum absolute atomic E-state index is 0.316. The van der Waals surface area contributed by atoms with E-state index < -0.39 is 0 Å². The van der Waals surface area contributed by atoms with Crippen LogP contribution in [0.3, 0.4) is 0 Å². The van der Waals surface area contributed by atoms with Gasteiger partial charge < -0.3 is 4.98 Å². The third kappa shape index (κ3) is 2.25. The molecule has 0 unspecified atom stereocenters. The highest BCUT2D eigenvalue weighted by Crippen LogP contribution is 2.29. The zero-order chi connectivity index (χ0) is 14.4. The summed E-state index contributed by atoms with van der Waals surface area (Å²) in [6, 6.07) is 9.19. The Bertz CT molecular complexity index is 883. The number of aromatic amines is 1. The minimum atomic E-state index is -0.316. The van der Waals surface area contributed by atoms with Crippen molar-refractivity contribution in [1.82, 2.24) is 9.55 Å².